The van der Waals surface area contributed by atoms with Crippen molar-refractivity contribution >= 4 is 15.9 Å². The molecule has 2 aromatic carbocycles. The van der Waals surface area contributed by atoms with Gasteiger partial charge in [-0.3, -0.25) is 4.79 Å². The van der Waals surface area contributed by atoms with Crippen LogP contribution in [0.2, 0.25) is 0 Å². The Bertz CT molecular complexity index is 1290. The fourth-order valence-electron chi connectivity index (χ4n) is 4.37. The Hall–Kier alpha value is -3.17. The van der Waals surface area contributed by atoms with Crippen LogP contribution in [0.4, 0.5) is 4.39 Å². The number of benzene rings is 2. The number of aryl methyl sites for hydroxylation is 1. The summed E-state index contributed by atoms with van der Waals surface area (Å²) in [6.07, 6.45) is 3.98. The van der Waals surface area contributed by atoms with Crippen molar-refractivity contribution in [3.8, 4) is 11.3 Å². The van der Waals surface area contributed by atoms with E-state index in [4.69, 9.17) is 0 Å². The second-order valence-electron chi connectivity index (χ2n) is 8.97. The Morgan fingerprint density at radius 2 is 1.77 bits per heavy atom. The molecule has 1 fully saturated rings. The molecule has 1 aliphatic rings. The van der Waals surface area contributed by atoms with Crippen molar-refractivity contribution in [2.45, 2.75) is 56.5 Å². The summed E-state index contributed by atoms with van der Waals surface area (Å²) in [6.45, 7) is 3.65. The molecule has 1 aliphatic carbocycles. The van der Waals surface area contributed by atoms with Gasteiger partial charge in [0.1, 0.15) is 11.6 Å². The maximum atomic E-state index is 13.1. The number of carbonyl (C=O) groups is 1. The second-order valence-corrected chi connectivity index (χ2v) is 10.7. The molecule has 9 heteroatoms. The molecule has 1 atom stereocenters. The van der Waals surface area contributed by atoms with Crippen LogP contribution in [-0.2, 0) is 14.8 Å². The van der Waals surface area contributed by atoms with Crippen molar-refractivity contribution in [2.24, 2.45) is 5.92 Å². The lowest BCUT2D eigenvalue weighted by molar-refractivity contribution is -0.126. The van der Waals surface area contributed by atoms with E-state index in [2.05, 4.69) is 20.0 Å². The van der Waals surface area contributed by atoms with Crippen LogP contribution in [0.5, 0.6) is 0 Å². The molecule has 0 spiro atoms. The molecule has 184 valence electrons. The van der Waals surface area contributed by atoms with Crippen molar-refractivity contribution < 1.29 is 17.6 Å². The summed E-state index contributed by atoms with van der Waals surface area (Å²) in [5.74, 6) is 0.0598. The Balaban J connectivity index is 1.34. The van der Waals surface area contributed by atoms with Crippen LogP contribution in [-0.4, -0.2) is 30.3 Å². The van der Waals surface area contributed by atoms with Gasteiger partial charge >= 0.3 is 0 Å². The highest BCUT2D eigenvalue weighted by Crippen LogP contribution is 2.27. The highest BCUT2D eigenvalue weighted by molar-refractivity contribution is 7.89. The maximum Gasteiger partial charge on any atom is 0.240 e. The first-order chi connectivity index (χ1) is 16.7. The predicted octanol–water partition coefficient (Wildman–Crippen LogP) is 4.31. The first-order valence-corrected chi connectivity index (χ1v) is 13.2. The van der Waals surface area contributed by atoms with E-state index in [1.807, 2.05) is 13.0 Å². The molecule has 2 N–H and O–H groups in total. The average molecular weight is 497 g/mol. The standard InChI is InChI=1S/C26H29FN4O3S/c1-17(19-6-10-22(27)11-7-19)29-26(32)20-8-12-23(13-9-20)31-35(33,34)24-5-3-4-21(16-24)25-14-15-28-18(2)30-25/h3-7,10-11,14-17,20,23,31H,8-9,12-13H2,1-2H3,(H,29,32)/t17-,20-,23-/m1/s1. The predicted molar refractivity (Wildman–Crippen MR) is 131 cm³/mol. The highest BCUT2D eigenvalue weighted by Gasteiger charge is 2.30. The van der Waals surface area contributed by atoms with E-state index in [1.165, 1.54) is 12.1 Å². The van der Waals surface area contributed by atoms with Crippen LogP contribution in [0.15, 0.2) is 65.7 Å². The SMILES string of the molecule is Cc1nccc(-c2cccc(S(=O)(=O)N[C@H]3CC[C@H](C(=O)N[C@H](C)c4ccc(F)cc4)CC3)c2)n1. The van der Waals surface area contributed by atoms with Crippen LogP contribution in [0.1, 0.15) is 50.0 Å². The summed E-state index contributed by atoms with van der Waals surface area (Å²) in [5.41, 5.74) is 2.20. The summed E-state index contributed by atoms with van der Waals surface area (Å²) < 4.78 is 42.0. The first-order valence-electron chi connectivity index (χ1n) is 11.7. The molecule has 1 saturated carbocycles. The number of rotatable bonds is 7. The van der Waals surface area contributed by atoms with Gasteiger partial charge in [-0.15, -0.1) is 0 Å². The Morgan fingerprint density at radius 1 is 1.06 bits per heavy atom. The van der Waals surface area contributed by atoms with Gasteiger partial charge in [-0.2, -0.15) is 0 Å². The number of nitrogens with one attached hydrogen (secondary N) is 2. The third kappa shape index (κ3) is 6.29. The molecule has 7 nitrogen and oxygen atoms in total. The van der Waals surface area contributed by atoms with Crippen LogP contribution >= 0.6 is 0 Å². The lowest BCUT2D eigenvalue weighted by Gasteiger charge is -2.29. The van der Waals surface area contributed by atoms with E-state index in [1.54, 1.807) is 49.5 Å². The van der Waals surface area contributed by atoms with Crippen LogP contribution < -0.4 is 10.0 Å². The number of halogens is 1. The van der Waals surface area contributed by atoms with Gasteiger partial charge in [0, 0.05) is 23.7 Å². The number of hydrogen-bond donors (Lipinski definition) is 2. The molecule has 0 radical (unpaired) electrons. The minimum atomic E-state index is -3.72. The van der Waals surface area contributed by atoms with E-state index in [9.17, 15) is 17.6 Å². The molecule has 0 bridgehead atoms. The number of aromatic nitrogens is 2. The van der Waals surface area contributed by atoms with Crippen molar-refractivity contribution in [2.75, 3.05) is 0 Å². The molecule has 3 aromatic rings. The average Bonchev–Trinajstić information content (AvgIpc) is 2.84. The summed E-state index contributed by atoms with van der Waals surface area (Å²) in [4.78, 5) is 21.4. The molecule has 0 unspecified atom stereocenters. The van der Waals surface area contributed by atoms with E-state index in [0.29, 0.717) is 42.8 Å². The van der Waals surface area contributed by atoms with Crippen LogP contribution in [0, 0.1) is 18.7 Å². The van der Waals surface area contributed by atoms with Crippen molar-refractivity contribution in [1.29, 1.82) is 0 Å². The molecule has 1 heterocycles. The quantitative estimate of drug-likeness (QED) is 0.508. The first kappa shape index (κ1) is 24.9. The number of carbonyl (C=O) groups excluding carboxylic acids is 1. The van der Waals surface area contributed by atoms with Gasteiger partial charge in [0.2, 0.25) is 15.9 Å². The zero-order valence-corrected chi connectivity index (χ0v) is 20.6. The van der Waals surface area contributed by atoms with Crippen LogP contribution in [0.25, 0.3) is 11.3 Å². The minimum Gasteiger partial charge on any atom is -0.349 e. The molecular formula is C26H29FN4O3S. The fourth-order valence-corrected chi connectivity index (χ4v) is 5.72. The maximum absolute atomic E-state index is 13.1. The zero-order chi connectivity index (χ0) is 25.0. The van der Waals surface area contributed by atoms with Crippen LogP contribution in [0.3, 0.4) is 0 Å². The number of sulfonamides is 1. The Labute approximate surface area is 205 Å². The lowest BCUT2D eigenvalue weighted by Crippen LogP contribution is -2.41. The van der Waals surface area contributed by atoms with Gasteiger partial charge in [0.25, 0.3) is 0 Å². The summed E-state index contributed by atoms with van der Waals surface area (Å²) in [5, 5.41) is 2.99. The number of hydrogen-bond acceptors (Lipinski definition) is 5. The van der Waals surface area contributed by atoms with Crippen molar-refractivity contribution in [1.82, 2.24) is 20.0 Å². The van der Waals surface area contributed by atoms with E-state index >= 15 is 0 Å². The van der Waals surface area contributed by atoms with E-state index in [0.717, 1.165) is 5.56 Å². The van der Waals surface area contributed by atoms with E-state index in [-0.39, 0.29) is 34.6 Å². The fraction of sp³-hybridized carbons (Fsp3) is 0.346. The van der Waals surface area contributed by atoms with E-state index < -0.39 is 10.0 Å². The lowest BCUT2D eigenvalue weighted by atomic mass is 9.85. The normalized spacial score (nSPS) is 19.2. The Kier molecular flexibility index (Phi) is 7.57. The second kappa shape index (κ2) is 10.6. The molecule has 0 saturated heterocycles. The van der Waals surface area contributed by atoms with Gasteiger partial charge in [-0.25, -0.2) is 27.5 Å². The molecular weight excluding hydrogens is 467 g/mol. The Morgan fingerprint density at radius 3 is 2.46 bits per heavy atom. The topological polar surface area (TPSA) is 101 Å². The number of amides is 1. The smallest absolute Gasteiger partial charge is 0.240 e. The molecule has 35 heavy (non-hydrogen) atoms. The molecule has 1 aromatic heterocycles. The van der Waals surface area contributed by atoms with Gasteiger partial charge in [-0.05, 0) is 75.4 Å². The summed E-state index contributed by atoms with van der Waals surface area (Å²) in [6, 6.07) is 14.0. The largest absolute Gasteiger partial charge is 0.349 e. The third-order valence-electron chi connectivity index (χ3n) is 6.36. The molecule has 1 amide bonds. The van der Waals surface area contributed by atoms with Gasteiger partial charge < -0.3 is 5.32 Å². The minimum absolute atomic E-state index is 0.0593. The van der Waals surface area contributed by atoms with Crippen molar-refractivity contribution in [3.05, 3.63) is 78.0 Å². The molecule has 0 aliphatic heterocycles. The summed E-state index contributed by atoms with van der Waals surface area (Å²) in [7, 11) is -3.72. The highest BCUT2D eigenvalue weighted by atomic mass is 32.2. The third-order valence-corrected chi connectivity index (χ3v) is 7.88. The molecule has 4 rings (SSSR count). The number of nitrogens with zero attached hydrogens (tertiary/aromatic N) is 2. The van der Waals surface area contributed by atoms with Gasteiger partial charge in [0.15, 0.2) is 0 Å². The zero-order valence-electron chi connectivity index (χ0n) is 19.7. The summed E-state index contributed by atoms with van der Waals surface area (Å²) >= 11 is 0. The van der Waals surface area contributed by atoms with Gasteiger partial charge in [-0.1, -0.05) is 24.3 Å². The van der Waals surface area contributed by atoms with Crippen molar-refractivity contribution in [3.63, 3.8) is 0 Å². The van der Waals surface area contributed by atoms with Gasteiger partial charge in [0.05, 0.1) is 16.6 Å². The monoisotopic (exact) mass is 496 g/mol.